The highest BCUT2D eigenvalue weighted by Crippen LogP contribution is 2.36. The zero-order chi connectivity index (χ0) is 9.97. The van der Waals surface area contributed by atoms with E-state index in [1.54, 1.807) is 11.8 Å². The Labute approximate surface area is 95.6 Å². The predicted octanol–water partition coefficient (Wildman–Crippen LogP) is 2.88. The number of alkyl halides is 1. The number of fused-ring (bicyclic) bond motifs is 1. The maximum Gasteiger partial charge on any atom is 0.237 e. The number of anilines is 1. The van der Waals surface area contributed by atoms with Crippen molar-refractivity contribution in [1.29, 1.82) is 0 Å². The van der Waals surface area contributed by atoms with Crippen LogP contribution in [0.25, 0.3) is 0 Å². The summed E-state index contributed by atoms with van der Waals surface area (Å²) in [4.78, 5) is 12.8. The van der Waals surface area contributed by atoms with Crippen molar-refractivity contribution in [2.75, 3.05) is 10.6 Å². The quantitative estimate of drug-likeness (QED) is 0.839. The molecule has 0 spiro atoms. The number of nitrogens with one attached hydrogen (secondary N) is 1. The van der Waals surface area contributed by atoms with Crippen LogP contribution in [-0.2, 0) is 4.79 Å². The van der Waals surface area contributed by atoms with Crippen LogP contribution in [0.2, 0.25) is 0 Å². The van der Waals surface area contributed by atoms with Gasteiger partial charge in [-0.05, 0) is 18.6 Å². The molecule has 0 fully saturated rings. The fraction of sp³-hybridized carbons (Fsp3) is 0.300. The summed E-state index contributed by atoms with van der Waals surface area (Å²) in [5, 5.41) is 3.82. The Balaban J connectivity index is 2.22. The molecule has 0 saturated heterocycles. The molecule has 1 atom stereocenters. The summed E-state index contributed by atoms with van der Waals surface area (Å²) in [7, 11) is 0. The summed E-state index contributed by atoms with van der Waals surface area (Å²) in [6.07, 6.45) is 0.866. The van der Waals surface area contributed by atoms with Crippen LogP contribution < -0.4 is 5.32 Å². The summed E-state index contributed by atoms with van der Waals surface area (Å²) < 4.78 is 0. The second-order valence-electron chi connectivity index (χ2n) is 3.07. The largest absolute Gasteiger partial charge is 0.324 e. The first kappa shape index (κ1) is 10.1. The number of halogens is 1. The van der Waals surface area contributed by atoms with Gasteiger partial charge in [-0.1, -0.05) is 28.1 Å². The molecule has 2 rings (SSSR count). The fourth-order valence-electron chi connectivity index (χ4n) is 1.38. The van der Waals surface area contributed by atoms with Gasteiger partial charge in [0.25, 0.3) is 0 Å². The molecule has 1 heterocycles. The first-order chi connectivity index (χ1) is 6.81. The molecule has 0 aliphatic carbocycles. The molecule has 14 heavy (non-hydrogen) atoms. The highest BCUT2D eigenvalue weighted by molar-refractivity contribution is 9.09. The molecule has 4 heteroatoms. The van der Waals surface area contributed by atoms with Gasteiger partial charge in [-0.25, -0.2) is 0 Å². The molecule has 1 aliphatic rings. The van der Waals surface area contributed by atoms with Crippen molar-refractivity contribution in [3.8, 4) is 0 Å². The van der Waals surface area contributed by atoms with Crippen molar-refractivity contribution < 1.29 is 4.79 Å². The summed E-state index contributed by atoms with van der Waals surface area (Å²) in [6, 6.07) is 7.91. The number of benzene rings is 1. The van der Waals surface area contributed by atoms with E-state index in [9.17, 15) is 4.79 Å². The minimum Gasteiger partial charge on any atom is -0.324 e. The summed E-state index contributed by atoms with van der Waals surface area (Å²) in [5.41, 5.74) is 0.938. The molecule has 0 radical (unpaired) electrons. The first-order valence-corrected chi connectivity index (χ1v) is 6.44. The lowest BCUT2D eigenvalue weighted by molar-refractivity contribution is -0.115. The Bertz CT molecular complexity index is 356. The number of thioether (sulfide) groups is 1. The van der Waals surface area contributed by atoms with Crippen LogP contribution in [0.4, 0.5) is 5.69 Å². The molecule has 1 aromatic rings. The molecule has 1 amide bonds. The number of hydrogen-bond donors (Lipinski definition) is 1. The Morgan fingerprint density at radius 3 is 3.00 bits per heavy atom. The lowest BCUT2D eigenvalue weighted by atomic mass is 10.2. The van der Waals surface area contributed by atoms with Crippen LogP contribution in [0.3, 0.4) is 0 Å². The molecule has 1 aliphatic heterocycles. The van der Waals surface area contributed by atoms with E-state index in [1.807, 2.05) is 24.3 Å². The summed E-state index contributed by atoms with van der Waals surface area (Å²) >= 11 is 5.01. The molecule has 1 N–H and O–H groups in total. The van der Waals surface area contributed by atoms with Crippen molar-refractivity contribution in [1.82, 2.24) is 0 Å². The zero-order valence-electron chi connectivity index (χ0n) is 7.50. The average Bonchev–Trinajstić information content (AvgIpc) is 2.19. The SMILES string of the molecule is O=C1Nc2ccccc2S[C@H]1CCBr. The van der Waals surface area contributed by atoms with E-state index in [-0.39, 0.29) is 11.2 Å². The maximum atomic E-state index is 11.6. The zero-order valence-corrected chi connectivity index (χ0v) is 9.90. The second kappa shape index (κ2) is 4.36. The van der Waals surface area contributed by atoms with Crippen LogP contribution in [0.1, 0.15) is 6.42 Å². The number of rotatable bonds is 2. The number of carbonyl (C=O) groups is 1. The Kier molecular flexibility index (Phi) is 3.13. The molecular formula is C10H10BrNOS. The van der Waals surface area contributed by atoms with Gasteiger partial charge in [-0.15, -0.1) is 11.8 Å². The van der Waals surface area contributed by atoms with Crippen LogP contribution in [0.5, 0.6) is 0 Å². The maximum absolute atomic E-state index is 11.6. The molecule has 1 aromatic carbocycles. The number of amides is 1. The van der Waals surface area contributed by atoms with E-state index in [1.165, 1.54) is 0 Å². The van der Waals surface area contributed by atoms with E-state index >= 15 is 0 Å². The average molecular weight is 272 g/mol. The third-order valence-corrected chi connectivity index (χ3v) is 3.88. The van der Waals surface area contributed by atoms with Crippen LogP contribution in [0.15, 0.2) is 29.2 Å². The van der Waals surface area contributed by atoms with Gasteiger partial charge >= 0.3 is 0 Å². The summed E-state index contributed by atoms with van der Waals surface area (Å²) in [6.45, 7) is 0. The lowest BCUT2D eigenvalue weighted by Crippen LogP contribution is -2.29. The van der Waals surface area contributed by atoms with Gasteiger partial charge < -0.3 is 5.32 Å². The molecule has 0 aromatic heterocycles. The third-order valence-electron chi connectivity index (χ3n) is 2.08. The van der Waals surface area contributed by atoms with Crippen molar-refractivity contribution in [2.45, 2.75) is 16.6 Å². The standard InChI is InChI=1S/C10H10BrNOS/c11-6-5-9-10(13)12-7-3-1-2-4-8(7)14-9/h1-4,9H,5-6H2,(H,12,13)/t9-/m0/s1. The fourth-order valence-corrected chi connectivity index (χ4v) is 3.25. The summed E-state index contributed by atoms with van der Waals surface area (Å²) in [5.74, 6) is 0.119. The number of para-hydroxylation sites is 1. The topological polar surface area (TPSA) is 29.1 Å². The van der Waals surface area contributed by atoms with Gasteiger partial charge in [-0.2, -0.15) is 0 Å². The van der Waals surface area contributed by atoms with E-state index in [4.69, 9.17) is 0 Å². The minimum absolute atomic E-state index is 0.0456. The number of carbonyl (C=O) groups excluding carboxylic acids is 1. The molecule has 2 nitrogen and oxygen atoms in total. The number of hydrogen-bond acceptors (Lipinski definition) is 2. The van der Waals surface area contributed by atoms with E-state index in [2.05, 4.69) is 21.2 Å². The Morgan fingerprint density at radius 2 is 2.21 bits per heavy atom. The van der Waals surface area contributed by atoms with Gasteiger partial charge in [0.15, 0.2) is 0 Å². The lowest BCUT2D eigenvalue weighted by Gasteiger charge is -2.23. The van der Waals surface area contributed by atoms with Crippen molar-refractivity contribution in [2.24, 2.45) is 0 Å². The molecule has 0 saturated carbocycles. The van der Waals surface area contributed by atoms with Crippen LogP contribution in [-0.4, -0.2) is 16.5 Å². The molecule has 74 valence electrons. The normalized spacial score (nSPS) is 20.1. The smallest absolute Gasteiger partial charge is 0.237 e. The van der Waals surface area contributed by atoms with E-state index in [0.717, 1.165) is 22.3 Å². The van der Waals surface area contributed by atoms with Crippen LogP contribution in [0, 0.1) is 0 Å². The second-order valence-corrected chi connectivity index (χ2v) is 5.11. The Morgan fingerprint density at radius 1 is 1.43 bits per heavy atom. The molecular weight excluding hydrogens is 262 g/mol. The monoisotopic (exact) mass is 271 g/mol. The van der Waals surface area contributed by atoms with Gasteiger partial charge in [0.05, 0.1) is 10.9 Å². The predicted molar refractivity (Wildman–Crippen MR) is 63.1 cm³/mol. The van der Waals surface area contributed by atoms with Crippen molar-refractivity contribution in [3.63, 3.8) is 0 Å². The van der Waals surface area contributed by atoms with Crippen molar-refractivity contribution in [3.05, 3.63) is 24.3 Å². The van der Waals surface area contributed by atoms with Crippen LogP contribution >= 0.6 is 27.7 Å². The first-order valence-electron chi connectivity index (χ1n) is 4.44. The minimum atomic E-state index is 0.0456. The van der Waals surface area contributed by atoms with Gasteiger partial charge in [-0.3, -0.25) is 4.79 Å². The van der Waals surface area contributed by atoms with Gasteiger partial charge in [0.1, 0.15) is 0 Å². The van der Waals surface area contributed by atoms with Crippen molar-refractivity contribution >= 4 is 39.3 Å². The molecule has 0 bridgehead atoms. The van der Waals surface area contributed by atoms with E-state index in [0.29, 0.717) is 0 Å². The van der Waals surface area contributed by atoms with Gasteiger partial charge in [0, 0.05) is 10.2 Å². The molecule has 0 unspecified atom stereocenters. The highest BCUT2D eigenvalue weighted by Gasteiger charge is 2.25. The highest BCUT2D eigenvalue weighted by atomic mass is 79.9. The Hall–Kier alpha value is -0.480. The van der Waals surface area contributed by atoms with Gasteiger partial charge in [0.2, 0.25) is 5.91 Å². The van der Waals surface area contributed by atoms with E-state index < -0.39 is 0 Å². The third kappa shape index (κ3) is 1.96.